The lowest BCUT2D eigenvalue weighted by atomic mass is 10.1. The molecule has 0 spiro atoms. The van der Waals surface area contributed by atoms with Crippen molar-refractivity contribution in [1.82, 2.24) is 10.2 Å². The van der Waals surface area contributed by atoms with Crippen LogP contribution in [0.15, 0.2) is 41.9 Å². The molecule has 1 aliphatic heterocycles. The van der Waals surface area contributed by atoms with Gasteiger partial charge in [-0.3, -0.25) is 0 Å². The zero-order chi connectivity index (χ0) is 20.0. The zero-order valence-electron chi connectivity index (χ0n) is 17.4. The highest BCUT2D eigenvalue weighted by molar-refractivity contribution is 5.80. The normalized spacial score (nSPS) is 15.5. The first kappa shape index (κ1) is 22.2. The molecule has 1 saturated heterocycles. The summed E-state index contributed by atoms with van der Waals surface area (Å²) in [5, 5.41) is 3.42. The van der Waals surface area contributed by atoms with E-state index in [9.17, 15) is 0 Å². The van der Waals surface area contributed by atoms with Gasteiger partial charge in [-0.2, -0.15) is 0 Å². The Labute approximate surface area is 169 Å². The van der Waals surface area contributed by atoms with Crippen LogP contribution in [0.2, 0.25) is 0 Å². The second kappa shape index (κ2) is 13.2. The minimum Gasteiger partial charge on any atom is -0.489 e. The van der Waals surface area contributed by atoms with Gasteiger partial charge in [0.1, 0.15) is 12.4 Å². The molecule has 0 aromatic heterocycles. The van der Waals surface area contributed by atoms with E-state index < -0.39 is 0 Å². The second-order valence-electron chi connectivity index (χ2n) is 6.78. The smallest absolute Gasteiger partial charge is 0.194 e. The first-order valence-corrected chi connectivity index (χ1v) is 10.2. The van der Waals surface area contributed by atoms with Crippen LogP contribution in [0.25, 0.3) is 0 Å². The summed E-state index contributed by atoms with van der Waals surface area (Å²) in [6.45, 7) is 11.2. The number of piperidine rings is 1. The highest BCUT2D eigenvalue weighted by atomic mass is 16.5. The average Bonchev–Trinajstić information content (AvgIpc) is 2.74. The van der Waals surface area contributed by atoms with E-state index in [1.54, 1.807) is 13.2 Å². The highest BCUT2D eigenvalue weighted by Crippen LogP contribution is 2.20. The Bertz CT molecular complexity index is 598. The summed E-state index contributed by atoms with van der Waals surface area (Å²) in [5.41, 5.74) is 1.08. The number of ether oxygens (including phenoxy) is 3. The molecule has 0 aliphatic carbocycles. The van der Waals surface area contributed by atoms with E-state index in [-0.39, 0.29) is 0 Å². The highest BCUT2D eigenvalue weighted by Gasteiger charge is 2.21. The third-order valence-corrected chi connectivity index (χ3v) is 4.65. The van der Waals surface area contributed by atoms with Gasteiger partial charge in [-0.25, -0.2) is 4.99 Å². The van der Waals surface area contributed by atoms with Crippen LogP contribution < -0.4 is 10.1 Å². The van der Waals surface area contributed by atoms with Gasteiger partial charge >= 0.3 is 0 Å². The number of guanidine groups is 1. The monoisotopic (exact) mass is 389 g/mol. The van der Waals surface area contributed by atoms with Crippen molar-refractivity contribution in [2.24, 2.45) is 4.99 Å². The average molecular weight is 390 g/mol. The Balaban J connectivity index is 1.90. The lowest BCUT2D eigenvalue weighted by molar-refractivity contribution is 0.00990. The van der Waals surface area contributed by atoms with E-state index in [1.807, 2.05) is 18.2 Å². The molecule has 0 atom stereocenters. The Kier molecular flexibility index (Phi) is 10.5. The summed E-state index contributed by atoms with van der Waals surface area (Å²) in [4.78, 5) is 7.18. The topological polar surface area (TPSA) is 55.3 Å². The Hall–Kier alpha value is -2.05. The van der Waals surface area contributed by atoms with Crippen molar-refractivity contribution in [3.05, 3.63) is 42.5 Å². The van der Waals surface area contributed by atoms with Crippen molar-refractivity contribution < 1.29 is 14.2 Å². The lowest BCUT2D eigenvalue weighted by Crippen LogP contribution is -2.47. The van der Waals surface area contributed by atoms with E-state index in [2.05, 4.69) is 29.8 Å². The molecule has 0 radical (unpaired) electrons. The van der Waals surface area contributed by atoms with Crippen molar-refractivity contribution in [3.8, 4) is 5.75 Å². The molecule has 0 bridgehead atoms. The number of rotatable bonds is 11. The number of hydrogen-bond acceptors (Lipinski definition) is 4. The van der Waals surface area contributed by atoms with E-state index >= 15 is 0 Å². The lowest BCUT2D eigenvalue weighted by Gasteiger charge is -2.34. The maximum atomic E-state index is 5.96. The summed E-state index contributed by atoms with van der Waals surface area (Å²) in [6.07, 6.45) is 5.09. The summed E-state index contributed by atoms with van der Waals surface area (Å²) < 4.78 is 16.8. The molecule has 1 fully saturated rings. The second-order valence-corrected chi connectivity index (χ2v) is 6.78. The van der Waals surface area contributed by atoms with Crippen molar-refractivity contribution in [2.75, 3.05) is 46.6 Å². The van der Waals surface area contributed by atoms with Crippen molar-refractivity contribution >= 4 is 5.96 Å². The van der Waals surface area contributed by atoms with Gasteiger partial charge < -0.3 is 24.4 Å². The van der Waals surface area contributed by atoms with Gasteiger partial charge in [0, 0.05) is 45.5 Å². The van der Waals surface area contributed by atoms with Gasteiger partial charge in [-0.05, 0) is 32.3 Å². The largest absolute Gasteiger partial charge is 0.489 e. The van der Waals surface area contributed by atoms with Gasteiger partial charge in [0.2, 0.25) is 0 Å². The number of nitrogens with one attached hydrogen (secondary N) is 1. The standard InChI is InChI=1S/C22H35N3O3/c1-4-15-28-21-10-7-6-9-19(21)18-24-22(23-5-2)25-13-11-20(12-14-25)27-17-8-16-26-3/h4,6-7,9-10,20H,1,5,8,11-18H2,2-3H3,(H,23,24). The molecule has 1 aliphatic rings. The molecule has 0 saturated carbocycles. The number of aliphatic imine (C=N–C) groups is 1. The Morgan fingerprint density at radius 2 is 2.07 bits per heavy atom. The quantitative estimate of drug-likeness (QED) is 0.273. The number of para-hydroxylation sites is 1. The fourth-order valence-corrected chi connectivity index (χ4v) is 3.20. The maximum absolute atomic E-state index is 5.96. The summed E-state index contributed by atoms with van der Waals surface area (Å²) in [7, 11) is 1.73. The van der Waals surface area contributed by atoms with Gasteiger partial charge in [-0.1, -0.05) is 30.9 Å². The Morgan fingerprint density at radius 1 is 1.29 bits per heavy atom. The van der Waals surface area contributed by atoms with E-state index in [0.717, 1.165) is 69.4 Å². The predicted octanol–water partition coefficient (Wildman–Crippen LogP) is 3.23. The molecule has 1 aromatic rings. The predicted molar refractivity (Wildman–Crippen MR) is 114 cm³/mol. The molecule has 6 heteroatoms. The van der Waals surface area contributed by atoms with Crippen molar-refractivity contribution in [1.29, 1.82) is 0 Å². The summed E-state index contributed by atoms with van der Waals surface area (Å²) in [5.74, 6) is 1.82. The molecule has 0 amide bonds. The van der Waals surface area contributed by atoms with Crippen molar-refractivity contribution in [3.63, 3.8) is 0 Å². The molecular weight excluding hydrogens is 354 g/mol. The van der Waals surface area contributed by atoms with Crippen LogP contribution in [-0.4, -0.2) is 63.5 Å². The maximum Gasteiger partial charge on any atom is 0.194 e. The molecule has 2 rings (SSSR count). The number of likely N-dealkylation sites (tertiary alicyclic amines) is 1. The van der Waals surface area contributed by atoms with Crippen LogP contribution >= 0.6 is 0 Å². The zero-order valence-corrected chi connectivity index (χ0v) is 17.4. The minimum atomic E-state index is 0.337. The number of hydrogen-bond donors (Lipinski definition) is 1. The molecule has 1 aromatic carbocycles. The van der Waals surface area contributed by atoms with Gasteiger partial charge in [0.05, 0.1) is 12.6 Å². The third-order valence-electron chi connectivity index (χ3n) is 4.65. The number of methoxy groups -OCH3 is 1. The molecule has 1 heterocycles. The summed E-state index contributed by atoms with van der Waals surface area (Å²) >= 11 is 0. The SMILES string of the molecule is C=CCOc1ccccc1CN=C(NCC)N1CCC(OCCCOC)CC1. The van der Waals surface area contributed by atoms with Crippen LogP contribution in [0.4, 0.5) is 0 Å². The molecule has 28 heavy (non-hydrogen) atoms. The van der Waals surface area contributed by atoms with E-state index in [4.69, 9.17) is 19.2 Å². The molecule has 0 unspecified atom stereocenters. The molecule has 1 N–H and O–H groups in total. The number of nitrogens with zero attached hydrogens (tertiary/aromatic N) is 2. The van der Waals surface area contributed by atoms with Crippen molar-refractivity contribution in [2.45, 2.75) is 38.8 Å². The summed E-state index contributed by atoms with van der Waals surface area (Å²) in [6, 6.07) is 8.04. The van der Waals surface area contributed by atoms with Gasteiger partial charge in [0.25, 0.3) is 0 Å². The minimum absolute atomic E-state index is 0.337. The first-order valence-electron chi connectivity index (χ1n) is 10.2. The Morgan fingerprint density at radius 3 is 2.79 bits per heavy atom. The fourth-order valence-electron chi connectivity index (χ4n) is 3.20. The number of benzene rings is 1. The van der Waals surface area contributed by atoms with Crippen LogP contribution in [0.5, 0.6) is 5.75 Å². The fraction of sp³-hybridized carbons (Fsp3) is 0.591. The molecule has 6 nitrogen and oxygen atoms in total. The molecule has 156 valence electrons. The van der Waals surface area contributed by atoms with E-state index in [0.29, 0.717) is 19.3 Å². The van der Waals surface area contributed by atoms with E-state index in [1.165, 1.54) is 0 Å². The molecular formula is C22H35N3O3. The van der Waals surface area contributed by atoms with Gasteiger partial charge in [-0.15, -0.1) is 0 Å². The van der Waals surface area contributed by atoms with Crippen LogP contribution in [-0.2, 0) is 16.0 Å². The third kappa shape index (κ3) is 7.52. The van der Waals surface area contributed by atoms with Gasteiger partial charge in [0.15, 0.2) is 5.96 Å². The van der Waals surface area contributed by atoms with Crippen LogP contribution in [0, 0.1) is 0 Å². The first-order chi connectivity index (χ1) is 13.8. The van der Waals surface area contributed by atoms with Crippen LogP contribution in [0.1, 0.15) is 31.7 Å². The van der Waals surface area contributed by atoms with Crippen LogP contribution in [0.3, 0.4) is 0 Å².